The van der Waals surface area contributed by atoms with Gasteiger partial charge in [-0.25, -0.2) is 8.42 Å². The standard InChI is InChI=1S/C13H18N2O3S/c1-3-12(10-14)19(16,17)15-13-7-5-4-6-11(13)8-9-18-2/h4-7,12,15H,3,8-9H2,1-2H3. The number of para-hydroxylation sites is 1. The second-order valence-electron chi connectivity index (χ2n) is 4.07. The zero-order chi connectivity index (χ0) is 14.3. The van der Waals surface area contributed by atoms with E-state index < -0.39 is 15.3 Å². The number of rotatable bonds is 7. The molecule has 0 amide bonds. The molecule has 0 saturated heterocycles. The fourth-order valence-electron chi connectivity index (χ4n) is 1.65. The highest BCUT2D eigenvalue weighted by Crippen LogP contribution is 2.19. The van der Waals surface area contributed by atoms with Gasteiger partial charge < -0.3 is 4.74 Å². The van der Waals surface area contributed by atoms with Crippen LogP contribution in [0.5, 0.6) is 0 Å². The Bertz CT molecular complexity index is 549. The van der Waals surface area contributed by atoms with E-state index in [1.807, 2.05) is 12.1 Å². The highest BCUT2D eigenvalue weighted by atomic mass is 32.2. The minimum absolute atomic E-state index is 0.256. The van der Waals surface area contributed by atoms with Crippen LogP contribution in [0.15, 0.2) is 24.3 Å². The van der Waals surface area contributed by atoms with Crippen LogP contribution in [-0.4, -0.2) is 27.4 Å². The summed E-state index contributed by atoms with van der Waals surface area (Å²) in [6.45, 7) is 2.18. The van der Waals surface area contributed by atoms with E-state index in [1.165, 1.54) is 0 Å². The monoisotopic (exact) mass is 282 g/mol. The van der Waals surface area contributed by atoms with Crippen LogP contribution < -0.4 is 4.72 Å². The molecule has 104 valence electrons. The summed E-state index contributed by atoms with van der Waals surface area (Å²) >= 11 is 0. The average Bonchev–Trinajstić information content (AvgIpc) is 2.38. The van der Waals surface area contributed by atoms with Crippen LogP contribution in [0.3, 0.4) is 0 Å². The van der Waals surface area contributed by atoms with Gasteiger partial charge in [0, 0.05) is 7.11 Å². The Morgan fingerprint density at radius 1 is 1.42 bits per heavy atom. The summed E-state index contributed by atoms with van der Waals surface area (Å²) in [6, 6.07) is 8.91. The fourth-order valence-corrected chi connectivity index (χ4v) is 2.88. The first-order valence-corrected chi connectivity index (χ1v) is 7.57. The van der Waals surface area contributed by atoms with Crippen molar-refractivity contribution in [2.45, 2.75) is 25.0 Å². The quantitative estimate of drug-likeness (QED) is 0.828. The molecule has 0 aromatic heterocycles. The van der Waals surface area contributed by atoms with Crippen molar-refractivity contribution in [2.24, 2.45) is 0 Å². The Labute approximate surface area is 114 Å². The van der Waals surface area contributed by atoms with Crippen LogP contribution in [-0.2, 0) is 21.2 Å². The van der Waals surface area contributed by atoms with Gasteiger partial charge in [0.2, 0.25) is 10.0 Å². The number of nitrogens with one attached hydrogen (secondary N) is 1. The van der Waals surface area contributed by atoms with E-state index in [0.717, 1.165) is 5.56 Å². The van der Waals surface area contributed by atoms with E-state index >= 15 is 0 Å². The summed E-state index contributed by atoms with van der Waals surface area (Å²) in [5.41, 5.74) is 1.36. The van der Waals surface area contributed by atoms with Gasteiger partial charge in [-0.15, -0.1) is 0 Å². The summed E-state index contributed by atoms with van der Waals surface area (Å²) in [5, 5.41) is 7.82. The van der Waals surface area contributed by atoms with E-state index in [-0.39, 0.29) is 6.42 Å². The lowest BCUT2D eigenvalue weighted by atomic mass is 10.1. The number of hydrogen-bond acceptors (Lipinski definition) is 4. The zero-order valence-corrected chi connectivity index (χ0v) is 11.9. The SMILES string of the molecule is CCC(C#N)S(=O)(=O)Nc1ccccc1CCOC. The first kappa shape index (κ1) is 15.5. The van der Waals surface area contributed by atoms with E-state index in [0.29, 0.717) is 18.7 Å². The van der Waals surface area contributed by atoms with Crippen molar-refractivity contribution < 1.29 is 13.2 Å². The molecule has 1 aromatic rings. The molecule has 0 bridgehead atoms. The molecule has 0 aliphatic heterocycles. The molecular formula is C13H18N2O3S. The van der Waals surface area contributed by atoms with E-state index in [2.05, 4.69) is 4.72 Å². The third kappa shape index (κ3) is 4.23. The molecule has 0 radical (unpaired) electrons. The third-order valence-electron chi connectivity index (χ3n) is 2.73. The molecule has 6 heteroatoms. The summed E-state index contributed by atoms with van der Waals surface area (Å²) < 4.78 is 31.5. The summed E-state index contributed by atoms with van der Waals surface area (Å²) in [4.78, 5) is 0. The number of benzene rings is 1. The third-order valence-corrected chi connectivity index (χ3v) is 4.43. The van der Waals surface area contributed by atoms with Crippen molar-refractivity contribution in [3.8, 4) is 6.07 Å². The van der Waals surface area contributed by atoms with Crippen LogP contribution >= 0.6 is 0 Å². The molecule has 0 spiro atoms. The number of nitrogens with zero attached hydrogens (tertiary/aromatic N) is 1. The summed E-state index contributed by atoms with van der Waals surface area (Å²) in [7, 11) is -2.08. The molecule has 1 unspecified atom stereocenters. The van der Waals surface area contributed by atoms with E-state index in [1.54, 1.807) is 32.2 Å². The smallest absolute Gasteiger partial charge is 0.249 e. The Balaban J connectivity index is 2.96. The van der Waals surface area contributed by atoms with Gasteiger partial charge >= 0.3 is 0 Å². The van der Waals surface area contributed by atoms with Crippen molar-refractivity contribution in [2.75, 3.05) is 18.4 Å². The fraction of sp³-hybridized carbons (Fsp3) is 0.462. The van der Waals surface area contributed by atoms with Crippen LogP contribution in [0.25, 0.3) is 0 Å². The van der Waals surface area contributed by atoms with Gasteiger partial charge in [-0.3, -0.25) is 4.72 Å². The minimum atomic E-state index is -3.68. The molecule has 0 heterocycles. The molecule has 5 nitrogen and oxygen atoms in total. The molecule has 0 fully saturated rings. The lowest BCUT2D eigenvalue weighted by molar-refractivity contribution is 0.202. The molecule has 0 aliphatic rings. The maximum absolute atomic E-state index is 12.0. The Hall–Kier alpha value is -1.58. The van der Waals surface area contributed by atoms with Crippen LogP contribution in [0.1, 0.15) is 18.9 Å². The molecule has 1 N–H and O–H groups in total. The van der Waals surface area contributed by atoms with Gasteiger partial charge in [0.05, 0.1) is 18.4 Å². The summed E-state index contributed by atoms with van der Waals surface area (Å²) in [6.07, 6.45) is 0.866. The zero-order valence-electron chi connectivity index (χ0n) is 11.1. The lowest BCUT2D eigenvalue weighted by Gasteiger charge is -2.14. The molecule has 1 atom stereocenters. The van der Waals surface area contributed by atoms with Gasteiger partial charge in [-0.1, -0.05) is 25.1 Å². The van der Waals surface area contributed by atoms with Gasteiger partial charge in [-0.05, 0) is 24.5 Å². The maximum atomic E-state index is 12.0. The van der Waals surface area contributed by atoms with Crippen molar-refractivity contribution in [3.63, 3.8) is 0 Å². The molecule has 19 heavy (non-hydrogen) atoms. The minimum Gasteiger partial charge on any atom is -0.384 e. The Morgan fingerprint density at radius 3 is 2.68 bits per heavy atom. The largest absolute Gasteiger partial charge is 0.384 e. The topological polar surface area (TPSA) is 79.2 Å². The number of nitriles is 1. The number of sulfonamides is 1. The van der Waals surface area contributed by atoms with Crippen molar-refractivity contribution >= 4 is 15.7 Å². The van der Waals surface area contributed by atoms with E-state index in [4.69, 9.17) is 10.00 Å². The number of anilines is 1. The van der Waals surface area contributed by atoms with Crippen molar-refractivity contribution in [1.29, 1.82) is 5.26 Å². The Kier molecular flexibility index (Phi) is 5.80. The Morgan fingerprint density at radius 2 is 2.11 bits per heavy atom. The lowest BCUT2D eigenvalue weighted by Crippen LogP contribution is -2.26. The number of ether oxygens (including phenoxy) is 1. The molecular weight excluding hydrogens is 264 g/mol. The molecule has 1 rings (SSSR count). The van der Waals surface area contributed by atoms with E-state index in [9.17, 15) is 8.42 Å². The van der Waals surface area contributed by atoms with Crippen LogP contribution in [0.4, 0.5) is 5.69 Å². The van der Waals surface area contributed by atoms with Gasteiger partial charge in [0.25, 0.3) is 0 Å². The first-order valence-electron chi connectivity index (χ1n) is 6.03. The van der Waals surface area contributed by atoms with Gasteiger partial charge in [0.1, 0.15) is 0 Å². The van der Waals surface area contributed by atoms with Gasteiger partial charge in [0.15, 0.2) is 5.25 Å². The predicted octanol–water partition coefficient (Wildman–Crippen LogP) is 1.92. The number of hydrogen-bond donors (Lipinski definition) is 1. The van der Waals surface area contributed by atoms with Crippen molar-refractivity contribution in [3.05, 3.63) is 29.8 Å². The highest BCUT2D eigenvalue weighted by molar-refractivity contribution is 7.93. The maximum Gasteiger partial charge on any atom is 0.249 e. The second-order valence-corrected chi connectivity index (χ2v) is 5.94. The second kappa shape index (κ2) is 7.12. The van der Waals surface area contributed by atoms with Crippen LogP contribution in [0.2, 0.25) is 0 Å². The number of methoxy groups -OCH3 is 1. The van der Waals surface area contributed by atoms with Crippen molar-refractivity contribution in [1.82, 2.24) is 0 Å². The predicted molar refractivity (Wildman–Crippen MR) is 74.3 cm³/mol. The normalized spacial score (nSPS) is 12.7. The van der Waals surface area contributed by atoms with Gasteiger partial charge in [-0.2, -0.15) is 5.26 Å². The molecule has 1 aromatic carbocycles. The first-order chi connectivity index (χ1) is 9.05. The summed E-state index contributed by atoms with van der Waals surface area (Å²) in [5.74, 6) is 0. The molecule has 0 saturated carbocycles. The average molecular weight is 282 g/mol. The highest BCUT2D eigenvalue weighted by Gasteiger charge is 2.23. The molecule has 0 aliphatic carbocycles. The van der Waals surface area contributed by atoms with Crippen LogP contribution in [0, 0.1) is 11.3 Å².